The molecule has 0 atom stereocenters. The van der Waals surface area contributed by atoms with Crippen LogP contribution in [0.25, 0.3) is 0 Å². The lowest BCUT2D eigenvalue weighted by molar-refractivity contribution is 0.253. The molecule has 0 radical (unpaired) electrons. The molecule has 0 aromatic carbocycles. The number of hydrogen-bond donors (Lipinski definition) is 0. The zero-order chi connectivity index (χ0) is 24.2. The van der Waals surface area contributed by atoms with E-state index in [2.05, 4.69) is 32.6 Å². The quantitative estimate of drug-likeness (QED) is 0.104. The van der Waals surface area contributed by atoms with Gasteiger partial charge >= 0.3 is 0 Å². The zero-order valence-corrected chi connectivity index (χ0v) is 24.1. The molecule has 0 bridgehead atoms. The lowest BCUT2D eigenvalue weighted by Gasteiger charge is -2.22. The lowest BCUT2D eigenvalue weighted by Crippen LogP contribution is -2.27. The highest BCUT2D eigenvalue weighted by atomic mass is 15.1. The first-order valence-corrected chi connectivity index (χ1v) is 15.9. The van der Waals surface area contributed by atoms with Crippen LogP contribution >= 0.6 is 0 Å². The highest BCUT2D eigenvalue weighted by Crippen LogP contribution is 2.14. The van der Waals surface area contributed by atoms with Crippen molar-refractivity contribution in [1.82, 2.24) is 4.90 Å². The molecule has 1 nitrogen and oxygen atoms in total. The van der Waals surface area contributed by atoms with Gasteiger partial charge < -0.3 is 4.90 Å². The molecule has 0 unspecified atom stereocenters. The van der Waals surface area contributed by atoms with Gasteiger partial charge in [0, 0.05) is 0 Å². The summed E-state index contributed by atoms with van der Waals surface area (Å²) in [6, 6.07) is 0. The van der Waals surface area contributed by atoms with Crippen molar-refractivity contribution in [2.24, 2.45) is 5.92 Å². The third-order valence-electron chi connectivity index (χ3n) is 7.41. The van der Waals surface area contributed by atoms with Crippen molar-refractivity contribution in [2.45, 2.75) is 182 Å². The predicted molar refractivity (Wildman–Crippen MR) is 153 cm³/mol. The summed E-state index contributed by atoms with van der Waals surface area (Å²) in [5.74, 6) is 0.874. The van der Waals surface area contributed by atoms with Crippen molar-refractivity contribution in [3.05, 3.63) is 0 Å². The Kier molecular flexibility index (Phi) is 28.2. The van der Waals surface area contributed by atoms with Crippen LogP contribution in [0.5, 0.6) is 0 Å². The number of unbranched alkanes of at least 4 members (excludes halogenated alkanes) is 20. The van der Waals surface area contributed by atoms with E-state index in [-0.39, 0.29) is 0 Å². The molecule has 0 aromatic heterocycles. The summed E-state index contributed by atoms with van der Waals surface area (Å²) in [5, 5.41) is 0. The smallest absolute Gasteiger partial charge is 0.00187 e. The molecular weight excluding hydrogens is 398 g/mol. The largest absolute Gasteiger partial charge is 0.303 e. The van der Waals surface area contributed by atoms with Crippen molar-refractivity contribution < 1.29 is 0 Å². The molecule has 0 aliphatic rings. The predicted octanol–water partition coefficient (Wildman–Crippen LogP) is 11.3. The maximum absolute atomic E-state index is 2.82. The number of nitrogens with zero attached hydrogens (tertiary/aromatic N) is 1. The van der Waals surface area contributed by atoms with E-state index in [9.17, 15) is 0 Å². The Bertz CT molecular complexity index is 313. The summed E-state index contributed by atoms with van der Waals surface area (Å²) in [7, 11) is 0. The summed E-state index contributed by atoms with van der Waals surface area (Å²) >= 11 is 0. The summed E-state index contributed by atoms with van der Waals surface area (Å²) < 4.78 is 0. The summed E-state index contributed by atoms with van der Waals surface area (Å²) in [6.45, 7) is 13.4. The van der Waals surface area contributed by atoms with E-state index in [1.54, 1.807) is 0 Å². The standard InChI is InChI=1S/C32H67N/c1-5-7-9-11-13-15-17-19-21-25-29-33(31-27-23-24-28-32(3)4)30-26-22-20-18-16-14-12-10-8-6-2/h32H,5-31H2,1-4H3. The molecule has 0 fully saturated rings. The van der Waals surface area contributed by atoms with E-state index in [0.29, 0.717) is 0 Å². The Morgan fingerprint density at radius 2 is 0.636 bits per heavy atom. The van der Waals surface area contributed by atoms with Gasteiger partial charge in [0.1, 0.15) is 0 Å². The molecule has 0 spiro atoms. The third kappa shape index (κ3) is 28.1. The molecule has 200 valence electrons. The second-order valence-electron chi connectivity index (χ2n) is 11.4. The molecule has 0 saturated carbocycles. The monoisotopic (exact) mass is 466 g/mol. The van der Waals surface area contributed by atoms with E-state index < -0.39 is 0 Å². The Balaban J connectivity index is 3.81. The van der Waals surface area contributed by atoms with Crippen LogP contribution in [0, 0.1) is 5.92 Å². The molecule has 33 heavy (non-hydrogen) atoms. The van der Waals surface area contributed by atoms with Crippen molar-refractivity contribution in [1.29, 1.82) is 0 Å². The average Bonchev–Trinajstić information content (AvgIpc) is 2.80. The van der Waals surface area contributed by atoms with Gasteiger partial charge in [-0.2, -0.15) is 0 Å². The molecule has 0 aliphatic carbocycles. The molecule has 0 heterocycles. The first-order chi connectivity index (χ1) is 16.2. The normalized spacial score (nSPS) is 11.8. The van der Waals surface area contributed by atoms with Gasteiger partial charge in [-0.25, -0.2) is 0 Å². The highest BCUT2D eigenvalue weighted by molar-refractivity contribution is 4.61. The van der Waals surface area contributed by atoms with Crippen molar-refractivity contribution in [3.63, 3.8) is 0 Å². The van der Waals surface area contributed by atoms with Crippen LogP contribution in [-0.2, 0) is 0 Å². The maximum atomic E-state index is 2.82. The Morgan fingerprint density at radius 1 is 0.364 bits per heavy atom. The van der Waals surface area contributed by atoms with Gasteiger partial charge in [-0.3, -0.25) is 0 Å². The summed E-state index contributed by atoms with van der Waals surface area (Å²) in [5.41, 5.74) is 0. The Labute approximate surface area is 212 Å². The highest BCUT2D eigenvalue weighted by Gasteiger charge is 2.05. The van der Waals surface area contributed by atoms with E-state index in [1.165, 1.54) is 174 Å². The van der Waals surface area contributed by atoms with Crippen LogP contribution in [0.15, 0.2) is 0 Å². The van der Waals surface area contributed by atoms with E-state index in [4.69, 9.17) is 0 Å². The first-order valence-electron chi connectivity index (χ1n) is 15.9. The summed E-state index contributed by atoms with van der Waals surface area (Å²) in [4.78, 5) is 2.82. The molecule has 0 aliphatic heterocycles. The van der Waals surface area contributed by atoms with Crippen molar-refractivity contribution in [2.75, 3.05) is 19.6 Å². The van der Waals surface area contributed by atoms with Gasteiger partial charge in [0.25, 0.3) is 0 Å². The van der Waals surface area contributed by atoms with Gasteiger partial charge in [0.2, 0.25) is 0 Å². The lowest BCUT2D eigenvalue weighted by atomic mass is 10.0. The second-order valence-corrected chi connectivity index (χ2v) is 11.4. The van der Waals surface area contributed by atoms with Gasteiger partial charge in [-0.05, 0) is 44.8 Å². The molecule has 0 N–H and O–H groups in total. The fraction of sp³-hybridized carbons (Fsp3) is 1.00. The summed E-state index contributed by atoms with van der Waals surface area (Å²) in [6.07, 6.45) is 34.7. The third-order valence-corrected chi connectivity index (χ3v) is 7.41. The molecule has 0 saturated heterocycles. The van der Waals surface area contributed by atoms with Crippen LogP contribution in [0.4, 0.5) is 0 Å². The average molecular weight is 466 g/mol. The van der Waals surface area contributed by atoms with Gasteiger partial charge in [0.05, 0.1) is 0 Å². The van der Waals surface area contributed by atoms with Crippen LogP contribution in [0.1, 0.15) is 182 Å². The van der Waals surface area contributed by atoms with Crippen molar-refractivity contribution in [3.8, 4) is 0 Å². The van der Waals surface area contributed by atoms with Crippen LogP contribution in [0.2, 0.25) is 0 Å². The van der Waals surface area contributed by atoms with Gasteiger partial charge in [0.15, 0.2) is 0 Å². The van der Waals surface area contributed by atoms with Crippen molar-refractivity contribution >= 4 is 0 Å². The molecule has 0 rings (SSSR count). The van der Waals surface area contributed by atoms with E-state index in [1.807, 2.05) is 0 Å². The molecule has 1 heteroatoms. The van der Waals surface area contributed by atoms with E-state index in [0.717, 1.165) is 5.92 Å². The van der Waals surface area contributed by atoms with Crippen LogP contribution in [-0.4, -0.2) is 24.5 Å². The van der Waals surface area contributed by atoms with Crippen LogP contribution < -0.4 is 0 Å². The minimum Gasteiger partial charge on any atom is -0.303 e. The van der Waals surface area contributed by atoms with Gasteiger partial charge in [-0.1, -0.05) is 163 Å². The first kappa shape index (κ1) is 33.0. The minimum absolute atomic E-state index is 0.874. The number of hydrogen-bond acceptors (Lipinski definition) is 1. The molecule has 0 aromatic rings. The van der Waals surface area contributed by atoms with Crippen LogP contribution in [0.3, 0.4) is 0 Å². The zero-order valence-electron chi connectivity index (χ0n) is 24.1. The maximum Gasteiger partial charge on any atom is -0.00187 e. The van der Waals surface area contributed by atoms with E-state index >= 15 is 0 Å². The minimum atomic E-state index is 0.874. The fourth-order valence-electron chi connectivity index (χ4n) is 5.05. The molecular formula is C32H67N. The van der Waals surface area contributed by atoms with Gasteiger partial charge in [-0.15, -0.1) is 0 Å². The SMILES string of the molecule is CCCCCCCCCCCCN(CCCCCCCCCCCC)CCCCCC(C)C. The molecule has 0 amide bonds. The fourth-order valence-corrected chi connectivity index (χ4v) is 5.05. The Hall–Kier alpha value is -0.0400. The topological polar surface area (TPSA) is 3.24 Å². The Morgan fingerprint density at radius 3 is 0.939 bits per heavy atom. The second kappa shape index (κ2) is 28.2. The number of rotatable bonds is 28.